The van der Waals surface area contributed by atoms with Crippen LogP contribution in [-0.4, -0.2) is 35.4 Å². The zero-order valence-corrected chi connectivity index (χ0v) is 14.2. The maximum Gasteiger partial charge on any atom is 0.222 e. The number of piperidine rings is 1. The Labute approximate surface area is 143 Å². The van der Waals surface area contributed by atoms with E-state index in [-0.39, 0.29) is 11.3 Å². The number of benzene rings is 1. The zero-order chi connectivity index (χ0) is 16.8. The highest BCUT2D eigenvalue weighted by molar-refractivity contribution is 5.77. The maximum absolute atomic E-state index is 12.3. The highest BCUT2D eigenvalue weighted by Crippen LogP contribution is 2.34. The Morgan fingerprint density at radius 3 is 2.79 bits per heavy atom. The molecule has 0 saturated carbocycles. The lowest BCUT2D eigenvalue weighted by Crippen LogP contribution is -2.48. The Bertz CT molecular complexity index is 659. The summed E-state index contributed by atoms with van der Waals surface area (Å²) in [5.41, 5.74) is 2.42. The van der Waals surface area contributed by atoms with E-state index in [0.29, 0.717) is 6.42 Å². The van der Waals surface area contributed by atoms with E-state index in [0.717, 1.165) is 38.2 Å². The molecule has 0 radical (unpaired) electrons. The summed E-state index contributed by atoms with van der Waals surface area (Å²) in [6.45, 7) is 4.73. The monoisotopic (exact) mass is 323 g/mol. The fraction of sp³-hybridized carbons (Fsp3) is 0.400. The van der Waals surface area contributed by atoms with Crippen molar-refractivity contribution < 1.29 is 4.79 Å². The summed E-state index contributed by atoms with van der Waals surface area (Å²) in [6, 6.07) is 14.5. The number of anilines is 1. The minimum absolute atomic E-state index is 0.0615. The van der Waals surface area contributed by atoms with E-state index in [9.17, 15) is 4.79 Å². The standard InChI is InChI=1S/C20H25N3O/c1-20(17-7-3-2-4-8-17)11-10-19(24)23(16-20)14-6-13-22-18-9-5-12-21-15-18/h2-5,7-9,12,15,22H,6,10-11,13-14,16H2,1H3/t20-/m0/s1. The van der Waals surface area contributed by atoms with Crippen molar-refractivity contribution in [2.24, 2.45) is 0 Å². The molecular weight excluding hydrogens is 298 g/mol. The summed E-state index contributed by atoms with van der Waals surface area (Å²) in [4.78, 5) is 18.4. The molecule has 1 amide bonds. The predicted molar refractivity (Wildman–Crippen MR) is 97.0 cm³/mol. The predicted octanol–water partition coefficient (Wildman–Crippen LogP) is 3.46. The zero-order valence-electron chi connectivity index (χ0n) is 14.2. The van der Waals surface area contributed by atoms with Gasteiger partial charge in [-0.3, -0.25) is 9.78 Å². The van der Waals surface area contributed by atoms with Crippen molar-refractivity contribution in [2.75, 3.05) is 25.0 Å². The molecule has 0 spiro atoms. The number of nitrogens with one attached hydrogen (secondary N) is 1. The second kappa shape index (κ2) is 7.47. The summed E-state index contributed by atoms with van der Waals surface area (Å²) in [5, 5.41) is 3.35. The van der Waals surface area contributed by atoms with Crippen LogP contribution >= 0.6 is 0 Å². The Hall–Kier alpha value is -2.36. The SMILES string of the molecule is C[C@]1(c2ccccc2)CCC(=O)N(CCCNc2cccnc2)C1. The fourth-order valence-electron chi connectivity index (χ4n) is 3.38. The average molecular weight is 323 g/mol. The van der Waals surface area contributed by atoms with Crippen LogP contribution in [0.3, 0.4) is 0 Å². The van der Waals surface area contributed by atoms with E-state index < -0.39 is 0 Å². The quantitative estimate of drug-likeness (QED) is 0.828. The fourth-order valence-corrected chi connectivity index (χ4v) is 3.38. The summed E-state index contributed by atoms with van der Waals surface area (Å²) in [5.74, 6) is 0.282. The van der Waals surface area contributed by atoms with E-state index >= 15 is 0 Å². The smallest absolute Gasteiger partial charge is 0.222 e. The Kier molecular flexibility index (Phi) is 5.14. The molecule has 0 bridgehead atoms. The van der Waals surface area contributed by atoms with Gasteiger partial charge in [0.15, 0.2) is 0 Å². The lowest BCUT2D eigenvalue weighted by atomic mass is 9.75. The normalized spacial score (nSPS) is 20.9. The number of hydrogen-bond donors (Lipinski definition) is 1. The van der Waals surface area contributed by atoms with Gasteiger partial charge in [-0.25, -0.2) is 0 Å². The van der Waals surface area contributed by atoms with Gasteiger partial charge < -0.3 is 10.2 Å². The molecule has 1 N–H and O–H groups in total. The van der Waals surface area contributed by atoms with Crippen LogP contribution in [-0.2, 0) is 10.2 Å². The summed E-state index contributed by atoms with van der Waals surface area (Å²) in [7, 11) is 0. The van der Waals surface area contributed by atoms with Gasteiger partial charge in [-0.05, 0) is 30.5 Å². The number of hydrogen-bond acceptors (Lipinski definition) is 3. The molecule has 1 aromatic carbocycles. The minimum Gasteiger partial charge on any atom is -0.384 e. The Morgan fingerprint density at radius 1 is 1.21 bits per heavy atom. The first-order valence-corrected chi connectivity index (χ1v) is 8.65. The van der Waals surface area contributed by atoms with Crippen molar-refractivity contribution in [1.82, 2.24) is 9.88 Å². The Balaban J connectivity index is 1.54. The molecule has 2 heterocycles. The summed E-state index contributed by atoms with van der Waals surface area (Å²) in [6.07, 6.45) is 6.09. The number of pyridine rings is 1. The van der Waals surface area contributed by atoms with E-state index in [4.69, 9.17) is 0 Å². The van der Waals surface area contributed by atoms with Gasteiger partial charge in [0.1, 0.15) is 0 Å². The Morgan fingerprint density at radius 2 is 2.04 bits per heavy atom. The molecule has 1 aromatic heterocycles. The van der Waals surface area contributed by atoms with Crippen molar-refractivity contribution in [2.45, 2.75) is 31.6 Å². The highest BCUT2D eigenvalue weighted by atomic mass is 16.2. The number of carbonyl (C=O) groups excluding carboxylic acids is 1. The van der Waals surface area contributed by atoms with Gasteiger partial charge in [0, 0.05) is 43.9 Å². The number of aromatic nitrogens is 1. The molecular formula is C20H25N3O. The maximum atomic E-state index is 12.3. The van der Waals surface area contributed by atoms with Gasteiger partial charge in [0.25, 0.3) is 0 Å². The molecule has 1 aliphatic heterocycles. The van der Waals surface area contributed by atoms with Crippen molar-refractivity contribution in [1.29, 1.82) is 0 Å². The number of likely N-dealkylation sites (tertiary alicyclic amines) is 1. The molecule has 126 valence electrons. The van der Waals surface area contributed by atoms with Crippen LogP contribution in [0.1, 0.15) is 31.7 Å². The molecule has 4 nitrogen and oxygen atoms in total. The lowest BCUT2D eigenvalue weighted by Gasteiger charge is -2.40. The third-order valence-corrected chi connectivity index (χ3v) is 4.85. The number of rotatable bonds is 6. The van der Waals surface area contributed by atoms with Crippen LogP contribution in [0, 0.1) is 0 Å². The van der Waals surface area contributed by atoms with E-state index in [1.54, 1.807) is 6.20 Å². The second-order valence-electron chi connectivity index (χ2n) is 6.76. The molecule has 0 aliphatic carbocycles. The van der Waals surface area contributed by atoms with Gasteiger partial charge >= 0.3 is 0 Å². The largest absolute Gasteiger partial charge is 0.384 e. The molecule has 1 atom stereocenters. The molecule has 24 heavy (non-hydrogen) atoms. The van der Waals surface area contributed by atoms with Crippen molar-refractivity contribution in [3.63, 3.8) is 0 Å². The molecule has 4 heteroatoms. The number of nitrogens with zero attached hydrogens (tertiary/aromatic N) is 2. The summed E-state index contributed by atoms with van der Waals surface area (Å²) >= 11 is 0. The third kappa shape index (κ3) is 3.94. The first-order valence-electron chi connectivity index (χ1n) is 8.65. The summed E-state index contributed by atoms with van der Waals surface area (Å²) < 4.78 is 0. The first kappa shape index (κ1) is 16.5. The van der Waals surface area contributed by atoms with Crippen LogP contribution in [0.5, 0.6) is 0 Å². The van der Waals surface area contributed by atoms with Crippen LogP contribution in [0.25, 0.3) is 0 Å². The lowest BCUT2D eigenvalue weighted by molar-refractivity contribution is -0.135. The molecule has 2 aromatic rings. The van der Waals surface area contributed by atoms with Gasteiger partial charge in [-0.15, -0.1) is 0 Å². The molecule has 1 saturated heterocycles. The van der Waals surface area contributed by atoms with Gasteiger partial charge in [-0.1, -0.05) is 37.3 Å². The minimum atomic E-state index is 0.0615. The van der Waals surface area contributed by atoms with Gasteiger partial charge in [0.05, 0.1) is 5.69 Å². The highest BCUT2D eigenvalue weighted by Gasteiger charge is 2.35. The first-order chi connectivity index (χ1) is 11.7. The number of amides is 1. The van der Waals surface area contributed by atoms with Crippen LogP contribution in [0.15, 0.2) is 54.9 Å². The van der Waals surface area contributed by atoms with Crippen LogP contribution < -0.4 is 5.32 Å². The van der Waals surface area contributed by atoms with Crippen molar-refractivity contribution >= 4 is 11.6 Å². The molecule has 1 fully saturated rings. The van der Waals surface area contributed by atoms with Crippen LogP contribution in [0.2, 0.25) is 0 Å². The topological polar surface area (TPSA) is 45.2 Å². The average Bonchev–Trinajstić information content (AvgIpc) is 2.63. The van der Waals surface area contributed by atoms with E-state index in [2.05, 4.69) is 41.5 Å². The van der Waals surface area contributed by atoms with Gasteiger partial charge in [0.2, 0.25) is 5.91 Å². The molecule has 3 rings (SSSR count). The second-order valence-corrected chi connectivity index (χ2v) is 6.76. The van der Waals surface area contributed by atoms with Crippen LogP contribution in [0.4, 0.5) is 5.69 Å². The van der Waals surface area contributed by atoms with E-state index in [1.807, 2.05) is 29.3 Å². The van der Waals surface area contributed by atoms with E-state index in [1.165, 1.54) is 5.56 Å². The van der Waals surface area contributed by atoms with Crippen molar-refractivity contribution in [3.8, 4) is 0 Å². The third-order valence-electron chi connectivity index (χ3n) is 4.85. The van der Waals surface area contributed by atoms with Gasteiger partial charge in [-0.2, -0.15) is 0 Å². The van der Waals surface area contributed by atoms with Crippen molar-refractivity contribution in [3.05, 3.63) is 60.4 Å². The molecule has 0 unspecified atom stereocenters. The molecule has 1 aliphatic rings. The number of carbonyl (C=O) groups is 1.